The van der Waals surface area contributed by atoms with Gasteiger partial charge in [-0.3, -0.25) is 0 Å². The van der Waals surface area contributed by atoms with E-state index in [1.807, 2.05) is 50.2 Å². The Balaban J connectivity index is 1.98. The van der Waals surface area contributed by atoms with Crippen LogP contribution in [0.2, 0.25) is 0 Å². The summed E-state index contributed by atoms with van der Waals surface area (Å²) < 4.78 is 5.52. The average molecular weight is 253 g/mol. The molecular formula is C15H15N3O. The minimum absolute atomic E-state index is 0.669. The maximum atomic E-state index is 5.96. The van der Waals surface area contributed by atoms with Gasteiger partial charge in [0.25, 0.3) is 0 Å². The molecule has 0 amide bonds. The summed E-state index contributed by atoms with van der Waals surface area (Å²) in [6, 6.07) is 11.7. The van der Waals surface area contributed by atoms with Gasteiger partial charge in [-0.2, -0.15) is 0 Å². The number of anilines is 3. The van der Waals surface area contributed by atoms with E-state index in [-0.39, 0.29) is 0 Å². The number of benzene rings is 2. The number of hydrogen-bond donors (Lipinski definition) is 2. The maximum absolute atomic E-state index is 5.96. The third-order valence-electron chi connectivity index (χ3n) is 2.98. The highest BCUT2D eigenvalue weighted by Gasteiger charge is 2.05. The first-order chi connectivity index (χ1) is 9.11. The first-order valence-corrected chi connectivity index (χ1v) is 6.12. The number of rotatable bonds is 2. The molecule has 0 saturated carbocycles. The van der Waals surface area contributed by atoms with Crippen LogP contribution in [0.4, 0.5) is 17.1 Å². The lowest BCUT2D eigenvalue weighted by Crippen LogP contribution is -1.96. The zero-order chi connectivity index (χ0) is 13.4. The van der Waals surface area contributed by atoms with Crippen LogP contribution >= 0.6 is 0 Å². The van der Waals surface area contributed by atoms with Crippen molar-refractivity contribution in [1.82, 2.24) is 4.98 Å². The third kappa shape index (κ3) is 2.25. The minimum Gasteiger partial charge on any atom is -0.441 e. The summed E-state index contributed by atoms with van der Waals surface area (Å²) in [7, 11) is 0. The Bertz CT molecular complexity index is 746. The zero-order valence-corrected chi connectivity index (χ0v) is 10.9. The van der Waals surface area contributed by atoms with E-state index in [0.717, 1.165) is 33.7 Å². The van der Waals surface area contributed by atoms with Gasteiger partial charge in [0.15, 0.2) is 11.5 Å². The lowest BCUT2D eigenvalue weighted by molar-refractivity contribution is 0.561. The molecule has 3 N–H and O–H groups in total. The summed E-state index contributed by atoms with van der Waals surface area (Å²) >= 11 is 0. The van der Waals surface area contributed by atoms with Crippen LogP contribution < -0.4 is 11.1 Å². The van der Waals surface area contributed by atoms with Crippen molar-refractivity contribution < 1.29 is 4.42 Å². The third-order valence-corrected chi connectivity index (χ3v) is 2.98. The van der Waals surface area contributed by atoms with Gasteiger partial charge >= 0.3 is 0 Å². The van der Waals surface area contributed by atoms with Crippen molar-refractivity contribution in [3.63, 3.8) is 0 Å². The Morgan fingerprint density at radius 2 is 1.95 bits per heavy atom. The van der Waals surface area contributed by atoms with Crippen molar-refractivity contribution in [3.8, 4) is 0 Å². The van der Waals surface area contributed by atoms with Crippen LogP contribution in [0.3, 0.4) is 0 Å². The molecule has 0 saturated heterocycles. The van der Waals surface area contributed by atoms with E-state index >= 15 is 0 Å². The van der Waals surface area contributed by atoms with Crippen molar-refractivity contribution in [2.45, 2.75) is 13.8 Å². The molecule has 3 aromatic rings. The van der Waals surface area contributed by atoms with Crippen LogP contribution in [-0.2, 0) is 0 Å². The Kier molecular flexibility index (Phi) is 2.63. The van der Waals surface area contributed by atoms with Gasteiger partial charge in [0.1, 0.15) is 5.52 Å². The second kappa shape index (κ2) is 4.31. The molecule has 19 heavy (non-hydrogen) atoms. The van der Waals surface area contributed by atoms with Gasteiger partial charge in [0.2, 0.25) is 0 Å². The summed E-state index contributed by atoms with van der Waals surface area (Å²) in [5, 5.41) is 3.30. The minimum atomic E-state index is 0.669. The molecule has 0 aliphatic rings. The molecule has 0 radical (unpaired) electrons. The van der Waals surface area contributed by atoms with Crippen molar-refractivity contribution in [1.29, 1.82) is 0 Å². The molecule has 0 aliphatic heterocycles. The van der Waals surface area contributed by atoms with Gasteiger partial charge in [0.05, 0.1) is 11.4 Å². The van der Waals surface area contributed by atoms with E-state index in [9.17, 15) is 0 Å². The monoisotopic (exact) mass is 253 g/mol. The second-order valence-electron chi connectivity index (χ2n) is 4.63. The number of nitrogens with two attached hydrogens (primary N) is 1. The standard InChI is InChI=1S/C15H15N3O/c1-9-3-5-12(16)14(7-9)18-11-4-6-13-15(8-11)19-10(2)17-13/h3-8,18H,16H2,1-2H3. The predicted molar refractivity (Wildman–Crippen MR) is 77.6 cm³/mol. The molecule has 4 heteroatoms. The summed E-state index contributed by atoms with van der Waals surface area (Å²) in [4.78, 5) is 4.27. The summed E-state index contributed by atoms with van der Waals surface area (Å²) in [6.07, 6.45) is 0. The number of aryl methyl sites for hydroxylation is 2. The van der Waals surface area contributed by atoms with Crippen molar-refractivity contribution in [2.75, 3.05) is 11.1 Å². The van der Waals surface area contributed by atoms with Crippen molar-refractivity contribution in [3.05, 3.63) is 47.9 Å². The quantitative estimate of drug-likeness (QED) is 0.682. The largest absolute Gasteiger partial charge is 0.441 e. The molecule has 0 unspecified atom stereocenters. The Morgan fingerprint density at radius 3 is 2.79 bits per heavy atom. The number of fused-ring (bicyclic) bond motifs is 1. The number of hydrogen-bond acceptors (Lipinski definition) is 4. The fourth-order valence-corrected chi connectivity index (χ4v) is 2.05. The Hall–Kier alpha value is -2.49. The van der Waals surface area contributed by atoms with Gasteiger partial charge in [-0.25, -0.2) is 4.98 Å². The molecule has 0 bridgehead atoms. The zero-order valence-electron chi connectivity index (χ0n) is 10.9. The number of nitrogen functional groups attached to an aromatic ring is 1. The van der Waals surface area contributed by atoms with Gasteiger partial charge in [0, 0.05) is 18.7 Å². The number of aromatic nitrogens is 1. The second-order valence-corrected chi connectivity index (χ2v) is 4.63. The molecule has 0 spiro atoms. The van der Waals surface area contributed by atoms with E-state index in [1.165, 1.54) is 0 Å². The average Bonchev–Trinajstić information content (AvgIpc) is 2.73. The van der Waals surface area contributed by atoms with Crippen LogP contribution in [0, 0.1) is 13.8 Å². The number of oxazole rings is 1. The molecule has 2 aromatic carbocycles. The first kappa shape index (κ1) is 11.6. The summed E-state index contributed by atoms with van der Waals surface area (Å²) in [6.45, 7) is 3.87. The fourth-order valence-electron chi connectivity index (χ4n) is 2.05. The van der Waals surface area contributed by atoms with E-state index in [4.69, 9.17) is 10.2 Å². The molecular weight excluding hydrogens is 238 g/mol. The van der Waals surface area contributed by atoms with Crippen LogP contribution in [0.25, 0.3) is 11.1 Å². The van der Waals surface area contributed by atoms with Crippen molar-refractivity contribution >= 4 is 28.2 Å². The Morgan fingerprint density at radius 1 is 1.11 bits per heavy atom. The SMILES string of the molecule is Cc1ccc(N)c(Nc2ccc3nc(C)oc3c2)c1. The lowest BCUT2D eigenvalue weighted by Gasteiger charge is -2.09. The smallest absolute Gasteiger partial charge is 0.192 e. The van der Waals surface area contributed by atoms with Crippen LogP contribution in [0.5, 0.6) is 0 Å². The Labute approximate surface area is 111 Å². The summed E-state index contributed by atoms with van der Waals surface area (Å²) in [5.74, 6) is 0.669. The molecule has 0 atom stereocenters. The van der Waals surface area contributed by atoms with Gasteiger partial charge in [-0.05, 0) is 36.8 Å². The topological polar surface area (TPSA) is 64.1 Å². The first-order valence-electron chi connectivity index (χ1n) is 6.12. The fraction of sp³-hybridized carbons (Fsp3) is 0.133. The molecule has 3 rings (SSSR count). The highest BCUT2D eigenvalue weighted by molar-refractivity contribution is 5.81. The lowest BCUT2D eigenvalue weighted by atomic mass is 10.2. The van der Waals surface area contributed by atoms with Crippen LogP contribution in [0.15, 0.2) is 40.8 Å². The normalized spacial score (nSPS) is 10.8. The van der Waals surface area contributed by atoms with E-state index in [2.05, 4.69) is 10.3 Å². The van der Waals surface area contributed by atoms with Crippen LogP contribution in [0.1, 0.15) is 11.5 Å². The predicted octanol–water partition coefficient (Wildman–Crippen LogP) is 3.77. The van der Waals surface area contributed by atoms with Crippen LogP contribution in [-0.4, -0.2) is 4.98 Å². The highest BCUT2D eigenvalue weighted by Crippen LogP contribution is 2.26. The number of nitrogens with zero attached hydrogens (tertiary/aromatic N) is 1. The molecule has 4 nitrogen and oxygen atoms in total. The van der Waals surface area contributed by atoms with E-state index < -0.39 is 0 Å². The van der Waals surface area contributed by atoms with Gasteiger partial charge in [-0.15, -0.1) is 0 Å². The highest BCUT2D eigenvalue weighted by atomic mass is 16.3. The van der Waals surface area contributed by atoms with Gasteiger partial charge < -0.3 is 15.5 Å². The summed E-state index contributed by atoms with van der Waals surface area (Å²) in [5.41, 5.74) is 11.3. The molecule has 1 heterocycles. The molecule has 96 valence electrons. The van der Waals surface area contributed by atoms with E-state index in [1.54, 1.807) is 0 Å². The van der Waals surface area contributed by atoms with Crippen molar-refractivity contribution in [2.24, 2.45) is 0 Å². The van der Waals surface area contributed by atoms with Gasteiger partial charge in [-0.1, -0.05) is 6.07 Å². The molecule has 0 fully saturated rings. The number of nitrogens with one attached hydrogen (secondary N) is 1. The molecule has 1 aromatic heterocycles. The maximum Gasteiger partial charge on any atom is 0.192 e. The molecule has 0 aliphatic carbocycles. The van der Waals surface area contributed by atoms with E-state index in [0.29, 0.717) is 5.89 Å².